The molecule has 1 aliphatic rings. The van der Waals surface area contributed by atoms with E-state index in [0.717, 1.165) is 17.6 Å². The number of rotatable bonds is 1. The Bertz CT molecular complexity index is 536. The molecule has 1 fully saturated rings. The van der Waals surface area contributed by atoms with Crippen molar-refractivity contribution in [1.29, 1.82) is 0 Å². The van der Waals surface area contributed by atoms with Crippen molar-refractivity contribution in [1.82, 2.24) is 19.7 Å². The van der Waals surface area contributed by atoms with Crippen molar-refractivity contribution in [3.05, 3.63) is 23.5 Å². The molecule has 0 aromatic carbocycles. The molecule has 5 heteroatoms. The maximum absolute atomic E-state index is 5.85. The second-order valence-electron chi connectivity index (χ2n) is 4.73. The fourth-order valence-electron chi connectivity index (χ4n) is 2.59. The van der Waals surface area contributed by atoms with Gasteiger partial charge in [-0.1, -0.05) is 11.6 Å². The molecule has 0 unspecified atom stereocenters. The van der Waals surface area contributed by atoms with Crippen LogP contribution in [-0.4, -0.2) is 39.8 Å². The first-order valence-corrected chi connectivity index (χ1v) is 6.30. The highest BCUT2D eigenvalue weighted by Crippen LogP contribution is 2.25. The van der Waals surface area contributed by atoms with Gasteiger partial charge in [0.2, 0.25) is 0 Å². The molecule has 1 atom stereocenters. The highest BCUT2D eigenvalue weighted by atomic mass is 35.5. The van der Waals surface area contributed by atoms with E-state index in [2.05, 4.69) is 39.0 Å². The van der Waals surface area contributed by atoms with Crippen molar-refractivity contribution in [2.75, 3.05) is 20.1 Å². The van der Waals surface area contributed by atoms with E-state index in [-0.39, 0.29) is 0 Å². The summed E-state index contributed by atoms with van der Waals surface area (Å²) >= 11 is 5.85. The highest BCUT2D eigenvalue weighted by Gasteiger charge is 2.20. The van der Waals surface area contributed by atoms with Gasteiger partial charge >= 0.3 is 0 Å². The number of hydrogen-bond acceptors (Lipinski definition) is 3. The maximum Gasteiger partial charge on any atom is 0.162 e. The van der Waals surface area contributed by atoms with Crippen LogP contribution >= 0.6 is 11.6 Å². The molecule has 0 saturated carbocycles. The van der Waals surface area contributed by atoms with Gasteiger partial charge in [-0.15, -0.1) is 10.2 Å². The zero-order valence-electron chi connectivity index (χ0n) is 9.80. The lowest BCUT2D eigenvalue weighted by atomic mass is 10.1. The smallest absolute Gasteiger partial charge is 0.162 e. The van der Waals surface area contributed by atoms with Gasteiger partial charge < -0.3 is 9.47 Å². The molecule has 17 heavy (non-hydrogen) atoms. The molecule has 90 valence electrons. The van der Waals surface area contributed by atoms with Gasteiger partial charge in [0.15, 0.2) is 10.8 Å². The summed E-state index contributed by atoms with van der Waals surface area (Å²) in [5, 5.41) is 9.66. The summed E-state index contributed by atoms with van der Waals surface area (Å²) in [6, 6.07) is 4.43. The van der Waals surface area contributed by atoms with E-state index in [1.165, 1.54) is 19.4 Å². The SMILES string of the molecule is CN1CCC[C@@H](n2ccc3cc(Cl)nnc32)C1. The third kappa shape index (κ3) is 2.03. The van der Waals surface area contributed by atoms with E-state index in [1.807, 2.05) is 6.07 Å². The minimum atomic E-state index is 0.455. The molecule has 1 saturated heterocycles. The largest absolute Gasteiger partial charge is 0.327 e. The summed E-state index contributed by atoms with van der Waals surface area (Å²) in [5.74, 6) is 0. The normalized spacial score (nSPS) is 22.1. The Morgan fingerprint density at radius 2 is 2.29 bits per heavy atom. The monoisotopic (exact) mass is 250 g/mol. The number of halogens is 1. The molecule has 1 aliphatic heterocycles. The second-order valence-corrected chi connectivity index (χ2v) is 5.11. The minimum Gasteiger partial charge on any atom is -0.327 e. The van der Waals surface area contributed by atoms with Crippen LogP contribution in [0.25, 0.3) is 11.0 Å². The first-order valence-electron chi connectivity index (χ1n) is 5.92. The summed E-state index contributed by atoms with van der Waals surface area (Å²) < 4.78 is 2.23. The Morgan fingerprint density at radius 1 is 1.41 bits per heavy atom. The van der Waals surface area contributed by atoms with Gasteiger partial charge in [-0.2, -0.15) is 0 Å². The van der Waals surface area contributed by atoms with Crippen molar-refractivity contribution < 1.29 is 0 Å². The van der Waals surface area contributed by atoms with Gasteiger partial charge in [-0.05, 0) is 38.6 Å². The van der Waals surface area contributed by atoms with Crippen molar-refractivity contribution in [3.63, 3.8) is 0 Å². The average Bonchev–Trinajstić information content (AvgIpc) is 2.71. The molecule has 0 amide bonds. The predicted octanol–water partition coefficient (Wildman–Crippen LogP) is 2.35. The molecule has 3 heterocycles. The van der Waals surface area contributed by atoms with Crippen molar-refractivity contribution >= 4 is 22.6 Å². The standard InChI is InChI=1S/C12H15ClN4/c1-16-5-2-3-10(8-16)17-6-4-9-7-11(13)14-15-12(9)17/h4,6-7,10H,2-3,5,8H2,1H3/t10-/m1/s1. The first kappa shape index (κ1) is 11.0. The number of fused-ring (bicyclic) bond motifs is 1. The number of aromatic nitrogens is 3. The quantitative estimate of drug-likeness (QED) is 0.779. The summed E-state index contributed by atoms with van der Waals surface area (Å²) in [6.07, 6.45) is 4.54. The lowest BCUT2D eigenvalue weighted by molar-refractivity contribution is 0.214. The van der Waals surface area contributed by atoms with Crippen LogP contribution in [0.3, 0.4) is 0 Å². The molecule has 0 radical (unpaired) electrons. The summed E-state index contributed by atoms with van der Waals surface area (Å²) in [6.45, 7) is 2.27. The van der Waals surface area contributed by atoms with Gasteiger partial charge in [0.1, 0.15) is 0 Å². The predicted molar refractivity (Wildman–Crippen MR) is 68.3 cm³/mol. The number of likely N-dealkylation sites (N-methyl/N-ethyl adjacent to an activating group) is 1. The first-order chi connectivity index (χ1) is 8.24. The van der Waals surface area contributed by atoms with Gasteiger partial charge in [0.05, 0.1) is 0 Å². The summed E-state index contributed by atoms with van der Waals surface area (Å²) in [7, 11) is 2.17. The summed E-state index contributed by atoms with van der Waals surface area (Å²) in [4.78, 5) is 2.36. The number of hydrogen-bond donors (Lipinski definition) is 0. The van der Waals surface area contributed by atoms with Crippen LogP contribution in [0.4, 0.5) is 0 Å². The third-order valence-electron chi connectivity index (χ3n) is 3.43. The third-order valence-corrected chi connectivity index (χ3v) is 3.61. The molecule has 0 N–H and O–H groups in total. The summed E-state index contributed by atoms with van der Waals surface area (Å²) in [5.41, 5.74) is 0.940. The second kappa shape index (κ2) is 4.27. The Kier molecular flexibility index (Phi) is 2.76. The zero-order valence-corrected chi connectivity index (χ0v) is 10.6. The lowest BCUT2D eigenvalue weighted by Crippen LogP contribution is -2.33. The fraction of sp³-hybridized carbons (Fsp3) is 0.500. The Hall–Kier alpha value is -1.13. The van der Waals surface area contributed by atoms with E-state index in [9.17, 15) is 0 Å². The van der Waals surface area contributed by atoms with E-state index in [1.54, 1.807) is 0 Å². The fourth-order valence-corrected chi connectivity index (χ4v) is 2.75. The van der Waals surface area contributed by atoms with Crippen molar-refractivity contribution in [3.8, 4) is 0 Å². The molecule has 4 nitrogen and oxygen atoms in total. The molecule has 0 spiro atoms. The van der Waals surface area contributed by atoms with Crippen LogP contribution in [-0.2, 0) is 0 Å². The minimum absolute atomic E-state index is 0.455. The van der Waals surface area contributed by atoms with Crippen LogP contribution in [0.5, 0.6) is 0 Å². The Labute approximate surface area is 105 Å². The van der Waals surface area contributed by atoms with E-state index < -0.39 is 0 Å². The average molecular weight is 251 g/mol. The Balaban J connectivity index is 1.99. The molecule has 2 aromatic rings. The number of nitrogens with zero attached hydrogens (tertiary/aromatic N) is 4. The van der Waals surface area contributed by atoms with E-state index >= 15 is 0 Å². The van der Waals surface area contributed by atoms with E-state index in [4.69, 9.17) is 11.6 Å². The van der Waals surface area contributed by atoms with Crippen LogP contribution in [0.2, 0.25) is 5.15 Å². The van der Waals surface area contributed by atoms with Crippen molar-refractivity contribution in [2.24, 2.45) is 0 Å². The molecule has 3 rings (SSSR count). The van der Waals surface area contributed by atoms with Gasteiger partial charge in [0, 0.05) is 24.2 Å². The zero-order chi connectivity index (χ0) is 11.8. The molecule has 0 bridgehead atoms. The molecule has 0 aliphatic carbocycles. The topological polar surface area (TPSA) is 34.0 Å². The molecular weight excluding hydrogens is 236 g/mol. The maximum atomic E-state index is 5.85. The van der Waals surface area contributed by atoms with Crippen LogP contribution in [0, 0.1) is 0 Å². The molecular formula is C12H15ClN4. The van der Waals surface area contributed by atoms with Crippen LogP contribution < -0.4 is 0 Å². The van der Waals surface area contributed by atoms with Crippen LogP contribution in [0.15, 0.2) is 18.3 Å². The number of piperidine rings is 1. The van der Waals surface area contributed by atoms with Crippen molar-refractivity contribution in [2.45, 2.75) is 18.9 Å². The highest BCUT2D eigenvalue weighted by molar-refractivity contribution is 6.29. The van der Waals surface area contributed by atoms with Gasteiger partial charge in [-0.3, -0.25) is 0 Å². The van der Waals surface area contributed by atoms with E-state index in [0.29, 0.717) is 11.2 Å². The van der Waals surface area contributed by atoms with Crippen LogP contribution in [0.1, 0.15) is 18.9 Å². The number of likely N-dealkylation sites (tertiary alicyclic amines) is 1. The lowest BCUT2D eigenvalue weighted by Gasteiger charge is -2.30. The Morgan fingerprint density at radius 3 is 3.12 bits per heavy atom. The van der Waals surface area contributed by atoms with Gasteiger partial charge in [0.25, 0.3) is 0 Å². The van der Waals surface area contributed by atoms with Gasteiger partial charge in [-0.25, -0.2) is 0 Å². The molecule has 2 aromatic heterocycles.